The number of amides is 1. The molecule has 0 radical (unpaired) electrons. The van der Waals surface area contributed by atoms with Gasteiger partial charge in [-0.15, -0.1) is 0 Å². The molecule has 0 unspecified atom stereocenters. The van der Waals surface area contributed by atoms with E-state index in [1.54, 1.807) is 13.2 Å². The van der Waals surface area contributed by atoms with Crippen molar-refractivity contribution in [2.45, 2.75) is 39.8 Å². The first-order chi connectivity index (χ1) is 24.4. The van der Waals surface area contributed by atoms with Crippen LogP contribution in [0.3, 0.4) is 0 Å². The highest BCUT2D eigenvalue weighted by Crippen LogP contribution is 2.58. The molecular formula is C41H44N4O5. The number of methoxy groups -OCH3 is 1. The number of anilines is 2. The Bertz CT molecular complexity index is 2060. The van der Waals surface area contributed by atoms with Crippen molar-refractivity contribution in [1.29, 1.82) is 0 Å². The number of nitrogens with one attached hydrogen (secondary N) is 1. The predicted octanol–water partition coefficient (Wildman–Crippen LogP) is 7.14. The number of hydrogen-bond acceptors (Lipinski definition) is 8. The Morgan fingerprint density at radius 1 is 0.760 bits per heavy atom. The second kappa shape index (κ2) is 13.6. The fourth-order valence-electron chi connectivity index (χ4n) is 7.80. The van der Waals surface area contributed by atoms with Crippen LogP contribution < -0.4 is 30.2 Å². The molecule has 1 aromatic heterocycles. The summed E-state index contributed by atoms with van der Waals surface area (Å²) in [6.45, 7) is 13.4. The molecule has 50 heavy (non-hydrogen) atoms. The van der Waals surface area contributed by atoms with Crippen LogP contribution in [0.2, 0.25) is 0 Å². The Hall–Kier alpha value is -5.28. The summed E-state index contributed by atoms with van der Waals surface area (Å²) in [6.07, 6.45) is 0. The van der Waals surface area contributed by atoms with Crippen LogP contribution in [0.5, 0.6) is 17.2 Å². The van der Waals surface area contributed by atoms with E-state index in [1.807, 2.05) is 35.2 Å². The van der Waals surface area contributed by atoms with Gasteiger partial charge in [0.25, 0.3) is 5.91 Å². The van der Waals surface area contributed by atoms with Gasteiger partial charge in [-0.3, -0.25) is 4.79 Å². The van der Waals surface area contributed by atoms with Crippen molar-refractivity contribution in [2.24, 2.45) is 0 Å². The number of hydrogen-bond donors (Lipinski definition) is 1. The zero-order chi connectivity index (χ0) is 35.0. The van der Waals surface area contributed by atoms with Crippen molar-refractivity contribution in [3.63, 3.8) is 0 Å². The number of rotatable bonds is 12. The second-order valence-corrected chi connectivity index (χ2v) is 12.6. The zero-order valence-corrected chi connectivity index (χ0v) is 29.4. The van der Waals surface area contributed by atoms with Crippen LogP contribution in [0.1, 0.15) is 60.3 Å². The molecule has 0 saturated heterocycles. The van der Waals surface area contributed by atoms with E-state index in [4.69, 9.17) is 13.9 Å². The maximum atomic E-state index is 14.5. The van der Waals surface area contributed by atoms with E-state index in [0.29, 0.717) is 36.5 Å². The third-order valence-corrected chi connectivity index (χ3v) is 10.2. The van der Waals surface area contributed by atoms with Crippen LogP contribution in [-0.4, -0.2) is 57.2 Å². The maximum absolute atomic E-state index is 14.5. The maximum Gasteiger partial charge on any atom is 0.336 e. The molecule has 9 heteroatoms. The molecule has 0 atom stereocenters. The number of benzene rings is 4. The third-order valence-electron chi connectivity index (χ3n) is 10.2. The molecule has 9 nitrogen and oxygen atoms in total. The van der Waals surface area contributed by atoms with E-state index < -0.39 is 11.2 Å². The van der Waals surface area contributed by atoms with E-state index in [-0.39, 0.29) is 5.91 Å². The first-order valence-corrected chi connectivity index (χ1v) is 17.6. The molecule has 0 fully saturated rings. The van der Waals surface area contributed by atoms with Gasteiger partial charge in [0.15, 0.2) is 0 Å². The first kappa shape index (κ1) is 33.2. The highest BCUT2D eigenvalue weighted by molar-refractivity contribution is 6.02. The molecule has 1 N–H and O–H groups in total. The molecule has 2 aliphatic heterocycles. The lowest BCUT2D eigenvalue weighted by molar-refractivity contribution is 0.0667. The molecule has 0 aliphatic carbocycles. The average Bonchev–Trinajstić information content (AvgIpc) is 3.38. The molecular weight excluding hydrogens is 628 g/mol. The van der Waals surface area contributed by atoms with Gasteiger partial charge >= 0.3 is 5.63 Å². The van der Waals surface area contributed by atoms with Crippen molar-refractivity contribution in [3.05, 3.63) is 123 Å². The summed E-state index contributed by atoms with van der Waals surface area (Å²) in [5.74, 6) is 2.09. The summed E-state index contributed by atoms with van der Waals surface area (Å²) in [6, 6.07) is 27.8. The van der Waals surface area contributed by atoms with E-state index in [0.717, 1.165) is 76.7 Å². The summed E-state index contributed by atoms with van der Waals surface area (Å²) in [5.41, 5.74) is 5.64. The SMILES string of the molecule is CCN(CC)c1ccc2c(c1)Oc1cc(N(CC)CC)ccc1C21c2ccccc2C(=O)N1CCNCc1cc(=O)oc2cc(OC)ccc12. The van der Waals surface area contributed by atoms with Crippen LogP contribution >= 0.6 is 0 Å². The second-order valence-electron chi connectivity index (χ2n) is 12.6. The average molecular weight is 673 g/mol. The smallest absolute Gasteiger partial charge is 0.336 e. The van der Waals surface area contributed by atoms with Crippen LogP contribution in [-0.2, 0) is 12.1 Å². The van der Waals surface area contributed by atoms with Gasteiger partial charge in [-0.05, 0) is 69.2 Å². The third kappa shape index (κ3) is 5.37. The quantitative estimate of drug-likeness (QED) is 0.111. The molecule has 1 spiro atoms. The number of nitrogens with zero attached hydrogens (tertiary/aromatic N) is 3. The minimum absolute atomic E-state index is 0.0280. The molecule has 0 bridgehead atoms. The molecule has 258 valence electrons. The highest BCUT2D eigenvalue weighted by atomic mass is 16.5. The van der Waals surface area contributed by atoms with E-state index in [9.17, 15) is 9.59 Å². The Balaban J connectivity index is 1.31. The van der Waals surface area contributed by atoms with Gasteiger partial charge in [0, 0.05) is 104 Å². The lowest BCUT2D eigenvalue weighted by atomic mass is 9.74. The highest BCUT2D eigenvalue weighted by Gasteiger charge is 2.56. The molecule has 0 saturated carbocycles. The predicted molar refractivity (Wildman–Crippen MR) is 198 cm³/mol. The van der Waals surface area contributed by atoms with Gasteiger partial charge in [-0.25, -0.2) is 4.79 Å². The largest absolute Gasteiger partial charge is 0.497 e. The lowest BCUT2D eigenvalue weighted by Gasteiger charge is -2.45. The minimum atomic E-state index is -0.904. The Kier molecular flexibility index (Phi) is 9.01. The molecule has 4 aromatic carbocycles. The van der Waals surface area contributed by atoms with Crippen molar-refractivity contribution < 1.29 is 18.7 Å². The summed E-state index contributed by atoms with van der Waals surface area (Å²) in [5, 5.41) is 4.35. The van der Waals surface area contributed by atoms with Crippen molar-refractivity contribution >= 4 is 28.3 Å². The molecule has 1 amide bonds. The van der Waals surface area contributed by atoms with Crippen LogP contribution in [0, 0.1) is 0 Å². The number of ether oxygens (including phenoxy) is 2. The fourth-order valence-corrected chi connectivity index (χ4v) is 7.80. The number of carbonyl (C=O) groups is 1. The van der Waals surface area contributed by atoms with E-state index >= 15 is 0 Å². The molecule has 5 aromatic rings. The number of fused-ring (bicyclic) bond motifs is 7. The van der Waals surface area contributed by atoms with Gasteiger partial charge in [-0.1, -0.05) is 30.3 Å². The Morgan fingerprint density at radius 3 is 2.02 bits per heavy atom. The minimum Gasteiger partial charge on any atom is -0.497 e. The van der Waals surface area contributed by atoms with Gasteiger partial charge in [0.05, 0.1) is 7.11 Å². The fraction of sp³-hybridized carbons (Fsp3) is 0.317. The van der Waals surface area contributed by atoms with Gasteiger partial charge in [0.2, 0.25) is 0 Å². The summed E-state index contributed by atoms with van der Waals surface area (Å²) < 4.78 is 17.6. The van der Waals surface area contributed by atoms with Gasteiger partial charge < -0.3 is 33.9 Å². The van der Waals surface area contributed by atoms with Crippen molar-refractivity contribution in [3.8, 4) is 17.2 Å². The van der Waals surface area contributed by atoms with Crippen molar-refractivity contribution in [2.75, 3.05) is 56.2 Å². The van der Waals surface area contributed by atoms with Crippen LogP contribution in [0.4, 0.5) is 11.4 Å². The van der Waals surface area contributed by atoms with Gasteiger partial charge in [0.1, 0.15) is 28.4 Å². The van der Waals surface area contributed by atoms with Crippen molar-refractivity contribution in [1.82, 2.24) is 10.2 Å². The molecule has 3 heterocycles. The van der Waals surface area contributed by atoms with E-state index in [1.165, 1.54) is 6.07 Å². The Labute approximate surface area is 293 Å². The Morgan fingerprint density at radius 2 is 1.40 bits per heavy atom. The first-order valence-electron chi connectivity index (χ1n) is 17.6. The van der Waals surface area contributed by atoms with E-state index in [2.05, 4.69) is 85.3 Å². The zero-order valence-electron chi connectivity index (χ0n) is 29.4. The molecule has 2 aliphatic rings. The van der Waals surface area contributed by atoms with Crippen LogP contribution in [0.25, 0.3) is 11.0 Å². The monoisotopic (exact) mass is 672 g/mol. The summed E-state index contributed by atoms with van der Waals surface area (Å²) in [7, 11) is 1.58. The molecule has 7 rings (SSSR count). The van der Waals surface area contributed by atoms with Gasteiger partial charge in [-0.2, -0.15) is 0 Å². The topological polar surface area (TPSA) is 87.5 Å². The normalized spacial score (nSPS) is 13.9. The summed E-state index contributed by atoms with van der Waals surface area (Å²) >= 11 is 0. The lowest BCUT2D eigenvalue weighted by Crippen LogP contribution is -2.49. The summed E-state index contributed by atoms with van der Waals surface area (Å²) in [4.78, 5) is 33.6. The van der Waals surface area contributed by atoms with Crippen LogP contribution in [0.15, 0.2) is 94.1 Å². The number of carbonyl (C=O) groups excluding carboxylic acids is 1. The standard InChI is InChI=1S/C41H44N4O5/c1-6-43(7-2)28-14-18-34-37(23-28)49-38-24-29(44(8-3)9-4)15-19-35(38)41(34)33-13-11-10-12-32(33)40(47)45(41)21-20-42-26-27-22-39(46)50-36-25-30(48-5)16-17-31(27)36/h10-19,22-25,42H,6-9,20-21,26H2,1-5H3.